The van der Waals surface area contributed by atoms with Crippen molar-refractivity contribution in [3.63, 3.8) is 0 Å². The maximum atomic E-state index is 13.5. The molecule has 112 valence electrons. The lowest BCUT2D eigenvalue weighted by Crippen LogP contribution is -2.15. The average Bonchev–Trinajstić information content (AvgIpc) is 2.33. The Morgan fingerprint density at radius 3 is 2.14 bits per heavy atom. The van der Waals surface area contributed by atoms with Crippen molar-refractivity contribution in [2.45, 2.75) is 4.90 Å². The average molecular weight is 317 g/mol. The van der Waals surface area contributed by atoms with Gasteiger partial charge in [0.25, 0.3) is 0 Å². The molecular formula is C12H10F3N3O2S. The molecule has 21 heavy (non-hydrogen) atoms. The van der Waals surface area contributed by atoms with Crippen molar-refractivity contribution in [2.24, 2.45) is 5.14 Å². The first-order valence-corrected chi connectivity index (χ1v) is 7.07. The van der Waals surface area contributed by atoms with Gasteiger partial charge in [-0.1, -0.05) is 6.07 Å². The van der Waals surface area contributed by atoms with Gasteiger partial charge in [0.2, 0.25) is 10.0 Å². The minimum atomic E-state index is -4.09. The molecule has 0 saturated heterocycles. The summed E-state index contributed by atoms with van der Waals surface area (Å²) < 4.78 is 62.5. The Balaban J connectivity index is 2.51. The minimum Gasteiger partial charge on any atom is -0.396 e. The molecule has 0 aliphatic heterocycles. The fraction of sp³-hybridized carbons (Fsp3) is 0. The Hall–Kier alpha value is -2.26. The van der Waals surface area contributed by atoms with E-state index < -0.39 is 38.1 Å². The Labute approximate surface area is 118 Å². The van der Waals surface area contributed by atoms with E-state index in [1.165, 1.54) is 12.1 Å². The van der Waals surface area contributed by atoms with E-state index in [0.29, 0.717) is 12.1 Å². The third-order valence-corrected chi connectivity index (χ3v) is 3.61. The zero-order valence-electron chi connectivity index (χ0n) is 10.4. The van der Waals surface area contributed by atoms with E-state index in [2.05, 4.69) is 5.32 Å². The molecule has 0 aliphatic carbocycles. The second-order valence-corrected chi connectivity index (χ2v) is 5.66. The third kappa shape index (κ3) is 3.09. The van der Waals surface area contributed by atoms with Gasteiger partial charge in [-0.05, 0) is 12.1 Å². The fourth-order valence-electron chi connectivity index (χ4n) is 1.70. The standard InChI is InChI=1S/C12H10F3N3O2S/c13-6-4-7(14)12(8(15)5-6)18-9-2-1-3-10(11(9)16)21(17,19)20/h1-5,18H,16H2,(H2,17,19,20). The van der Waals surface area contributed by atoms with Crippen molar-refractivity contribution in [2.75, 3.05) is 11.1 Å². The summed E-state index contributed by atoms with van der Waals surface area (Å²) >= 11 is 0. The summed E-state index contributed by atoms with van der Waals surface area (Å²) in [4.78, 5) is -0.393. The molecule has 0 aromatic heterocycles. The quantitative estimate of drug-likeness (QED) is 0.755. The molecule has 2 rings (SSSR count). The number of rotatable bonds is 3. The number of nitrogen functional groups attached to an aromatic ring is 1. The lowest BCUT2D eigenvalue weighted by atomic mass is 10.2. The number of nitrogens with one attached hydrogen (secondary N) is 1. The van der Waals surface area contributed by atoms with Crippen LogP contribution < -0.4 is 16.2 Å². The molecule has 0 unspecified atom stereocenters. The number of para-hydroxylation sites is 1. The van der Waals surface area contributed by atoms with Crippen LogP contribution in [0.15, 0.2) is 35.2 Å². The van der Waals surface area contributed by atoms with Crippen molar-refractivity contribution in [1.82, 2.24) is 0 Å². The molecule has 0 spiro atoms. The van der Waals surface area contributed by atoms with Gasteiger partial charge in [-0.3, -0.25) is 0 Å². The molecule has 0 aliphatic rings. The fourth-order valence-corrected chi connectivity index (χ4v) is 2.38. The van der Waals surface area contributed by atoms with Crippen LogP contribution in [0.3, 0.4) is 0 Å². The number of hydrogen-bond acceptors (Lipinski definition) is 4. The van der Waals surface area contributed by atoms with Crippen LogP contribution in [-0.2, 0) is 10.0 Å². The molecule has 9 heteroatoms. The first-order chi connectivity index (χ1) is 9.70. The third-order valence-electron chi connectivity index (χ3n) is 2.64. The van der Waals surface area contributed by atoms with Crippen molar-refractivity contribution in [3.05, 3.63) is 47.8 Å². The SMILES string of the molecule is Nc1c(Nc2c(F)cc(F)cc2F)cccc1S(N)(=O)=O. The lowest BCUT2D eigenvalue weighted by molar-refractivity contribution is 0.549. The second-order valence-electron chi connectivity index (χ2n) is 4.13. The topological polar surface area (TPSA) is 98.2 Å². The molecule has 0 amide bonds. The largest absolute Gasteiger partial charge is 0.396 e. The number of benzene rings is 2. The number of sulfonamides is 1. The molecule has 0 atom stereocenters. The van der Waals surface area contributed by atoms with Crippen LogP contribution >= 0.6 is 0 Å². The van der Waals surface area contributed by atoms with Crippen LogP contribution in [0.25, 0.3) is 0 Å². The van der Waals surface area contributed by atoms with Crippen LogP contribution in [0.2, 0.25) is 0 Å². The summed E-state index contributed by atoms with van der Waals surface area (Å²) in [6, 6.07) is 4.69. The van der Waals surface area contributed by atoms with Gasteiger partial charge in [0.1, 0.15) is 16.4 Å². The molecule has 2 aromatic carbocycles. The normalized spacial score (nSPS) is 11.4. The highest BCUT2D eigenvalue weighted by atomic mass is 32.2. The molecule has 5 nitrogen and oxygen atoms in total. The van der Waals surface area contributed by atoms with E-state index in [0.717, 1.165) is 6.07 Å². The molecule has 0 fully saturated rings. The molecule has 5 N–H and O–H groups in total. The van der Waals surface area contributed by atoms with E-state index in [1.54, 1.807) is 0 Å². The van der Waals surface area contributed by atoms with Crippen LogP contribution in [-0.4, -0.2) is 8.42 Å². The number of anilines is 3. The van der Waals surface area contributed by atoms with E-state index in [9.17, 15) is 21.6 Å². The van der Waals surface area contributed by atoms with Crippen LogP contribution in [0.1, 0.15) is 0 Å². The van der Waals surface area contributed by atoms with Crippen molar-refractivity contribution < 1.29 is 21.6 Å². The van der Waals surface area contributed by atoms with Gasteiger partial charge in [-0.25, -0.2) is 26.7 Å². The van der Waals surface area contributed by atoms with Gasteiger partial charge < -0.3 is 11.1 Å². The highest BCUT2D eigenvalue weighted by Crippen LogP contribution is 2.31. The number of primary sulfonamides is 1. The van der Waals surface area contributed by atoms with Gasteiger partial charge in [0.05, 0.1) is 11.4 Å². The van der Waals surface area contributed by atoms with Gasteiger partial charge in [-0.15, -0.1) is 0 Å². The summed E-state index contributed by atoms with van der Waals surface area (Å²) in [6.45, 7) is 0. The smallest absolute Gasteiger partial charge is 0.240 e. The number of halogens is 3. The van der Waals surface area contributed by atoms with Crippen LogP contribution in [0.4, 0.5) is 30.2 Å². The summed E-state index contributed by atoms with van der Waals surface area (Å²) in [5.74, 6) is -3.46. The zero-order valence-corrected chi connectivity index (χ0v) is 11.2. The number of hydrogen-bond donors (Lipinski definition) is 3. The van der Waals surface area contributed by atoms with Crippen LogP contribution in [0.5, 0.6) is 0 Å². The molecule has 0 radical (unpaired) electrons. The highest BCUT2D eigenvalue weighted by molar-refractivity contribution is 7.89. The first-order valence-electron chi connectivity index (χ1n) is 5.53. The summed E-state index contributed by atoms with van der Waals surface area (Å²) in [7, 11) is -4.09. The van der Waals surface area contributed by atoms with E-state index in [4.69, 9.17) is 10.9 Å². The monoisotopic (exact) mass is 317 g/mol. The van der Waals surface area contributed by atoms with Gasteiger partial charge in [0, 0.05) is 12.1 Å². The molecule has 0 heterocycles. The van der Waals surface area contributed by atoms with Gasteiger partial charge in [0.15, 0.2) is 11.6 Å². The maximum Gasteiger partial charge on any atom is 0.240 e. The molecule has 2 aromatic rings. The summed E-state index contributed by atoms with van der Waals surface area (Å²) in [5, 5.41) is 7.25. The predicted molar refractivity (Wildman–Crippen MR) is 71.8 cm³/mol. The maximum absolute atomic E-state index is 13.5. The second kappa shape index (κ2) is 5.26. The molecule has 0 saturated carbocycles. The Morgan fingerprint density at radius 2 is 1.62 bits per heavy atom. The summed E-state index contributed by atoms with van der Waals surface area (Å²) in [5.41, 5.74) is 4.57. The lowest BCUT2D eigenvalue weighted by Gasteiger charge is -2.13. The zero-order chi connectivity index (χ0) is 15.8. The van der Waals surface area contributed by atoms with Crippen molar-refractivity contribution in [3.8, 4) is 0 Å². The van der Waals surface area contributed by atoms with Crippen molar-refractivity contribution >= 4 is 27.1 Å². The van der Waals surface area contributed by atoms with Crippen LogP contribution in [0, 0.1) is 17.5 Å². The Morgan fingerprint density at radius 1 is 1.05 bits per heavy atom. The molecule has 0 bridgehead atoms. The summed E-state index contributed by atoms with van der Waals surface area (Å²) in [6.07, 6.45) is 0. The Bertz CT molecular complexity index is 786. The predicted octanol–water partition coefficient (Wildman–Crippen LogP) is 2.08. The highest BCUT2D eigenvalue weighted by Gasteiger charge is 2.17. The molecular weight excluding hydrogens is 307 g/mol. The van der Waals surface area contributed by atoms with Gasteiger partial charge in [-0.2, -0.15) is 0 Å². The van der Waals surface area contributed by atoms with E-state index >= 15 is 0 Å². The first kappa shape index (κ1) is 15.1. The van der Waals surface area contributed by atoms with E-state index in [1.807, 2.05) is 0 Å². The number of nitrogens with two attached hydrogens (primary N) is 2. The Kier molecular flexibility index (Phi) is 3.79. The van der Waals surface area contributed by atoms with Crippen molar-refractivity contribution in [1.29, 1.82) is 0 Å². The minimum absolute atomic E-state index is 0.0778. The van der Waals surface area contributed by atoms with Gasteiger partial charge >= 0.3 is 0 Å². The van der Waals surface area contributed by atoms with E-state index in [-0.39, 0.29) is 11.4 Å².